The van der Waals surface area contributed by atoms with Crippen molar-refractivity contribution in [2.45, 2.75) is 19.3 Å². The molecule has 0 radical (unpaired) electrons. The first-order chi connectivity index (χ1) is 15.5. The van der Waals surface area contributed by atoms with Crippen molar-refractivity contribution in [3.63, 3.8) is 0 Å². The first-order valence-corrected chi connectivity index (χ1v) is 11.3. The number of nitrogens with zero attached hydrogens (tertiary/aromatic N) is 3. The van der Waals surface area contributed by atoms with E-state index in [1.165, 1.54) is 18.5 Å². The number of anilines is 3. The van der Waals surface area contributed by atoms with Crippen LogP contribution in [0.15, 0.2) is 48.5 Å². The summed E-state index contributed by atoms with van der Waals surface area (Å²) in [7, 11) is 4.27. The Morgan fingerprint density at radius 2 is 1.81 bits per heavy atom. The van der Waals surface area contributed by atoms with E-state index < -0.39 is 0 Å². The van der Waals surface area contributed by atoms with Gasteiger partial charge in [0.1, 0.15) is 5.75 Å². The number of benzene rings is 2. The molecule has 0 saturated carbocycles. The van der Waals surface area contributed by atoms with Gasteiger partial charge < -0.3 is 24.8 Å². The molecule has 7 heteroatoms. The first-order valence-electron chi connectivity index (χ1n) is 11.3. The van der Waals surface area contributed by atoms with E-state index in [2.05, 4.69) is 41.3 Å². The van der Waals surface area contributed by atoms with Gasteiger partial charge in [0, 0.05) is 44.0 Å². The molecule has 4 rings (SSSR count). The molecule has 1 N–H and O–H groups in total. The van der Waals surface area contributed by atoms with E-state index in [0.717, 1.165) is 36.9 Å². The van der Waals surface area contributed by atoms with Crippen LogP contribution in [-0.4, -0.2) is 63.6 Å². The number of fused-ring (bicyclic) bond motifs is 1. The molecule has 0 aromatic heterocycles. The van der Waals surface area contributed by atoms with Gasteiger partial charge >= 0.3 is 0 Å². The van der Waals surface area contributed by atoms with Gasteiger partial charge in [0.15, 0.2) is 6.61 Å². The second kappa shape index (κ2) is 10.0. The lowest BCUT2D eigenvalue weighted by molar-refractivity contribution is -0.121. The molecule has 2 amide bonds. The molecule has 7 nitrogen and oxygen atoms in total. The molecule has 0 spiro atoms. The standard InChI is InChI=1S/C25H32N4O3/c1-27(2)17-19-11-14-28(15-12-19)21-9-7-20(8-10-21)26-24(30)13-16-29-22-5-3-4-6-23(22)32-18-25(29)31/h3-10,19H,11-18H2,1-2H3,(H,26,30). The average molecular weight is 437 g/mol. The van der Waals surface area contributed by atoms with E-state index in [4.69, 9.17) is 4.74 Å². The van der Waals surface area contributed by atoms with Crippen LogP contribution in [0.1, 0.15) is 19.3 Å². The Hall–Kier alpha value is -3.06. The second-order valence-electron chi connectivity index (χ2n) is 8.84. The van der Waals surface area contributed by atoms with Crippen molar-refractivity contribution in [3.8, 4) is 5.75 Å². The molecule has 1 fully saturated rings. The number of hydrogen-bond donors (Lipinski definition) is 1. The molecular weight excluding hydrogens is 404 g/mol. The summed E-state index contributed by atoms with van der Waals surface area (Å²) < 4.78 is 5.45. The van der Waals surface area contributed by atoms with Crippen molar-refractivity contribution in [2.24, 2.45) is 5.92 Å². The maximum Gasteiger partial charge on any atom is 0.265 e. The zero-order valence-electron chi connectivity index (χ0n) is 18.9. The lowest BCUT2D eigenvalue weighted by Gasteiger charge is -2.34. The summed E-state index contributed by atoms with van der Waals surface area (Å²) in [6.45, 7) is 3.62. The molecule has 0 bridgehead atoms. The summed E-state index contributed by atoms with van der Waals surface area (Å²) in [6.07, 6.45) is 2.64. The molecular formula is C25H32N4O3. The van der Waals surface area contributed by atoms with Gasteiger partial charge in [0.25, 0.3) is 5.91 Å². The number of rotatable bonds is 7. The van der Waals surface area contributed by atoms with Gasteiger partial charge in [-0.2, -0.15) is 0 Å². The van der Waals surface area contributed by atoms with E-state index >= 15 is 0 Å². The molecule has 2 aromatic carbocycles. The highest BCUT2D eigenvalue weighted by Crippen LogP contribution is 2.31. The number of ether oxygens (including phenoxy) is 1. The van der Waals surface area contributed by atoms with Gasteiger partial charge in [-0.1, -0.05) is 12.1 Å². The van der Waals surface area contributed by atoms with E-state index in [1.54, 1.807) is 4.90 Å². The first kappa shape index (κ1) is 22.1. The van der Waals surface area contributed by atoms with Crippen molar-refractivity contribution < 1.29 is 14.3 Å². The summed E-state index contributed by atoms with van der Waals surface area (Å²) >= 11 is 0. The minimum absolute atomic E-state index is 0.00643. The third kappa shape index (κ3) is 5.40. The number of carbonyl (C=O) groups is 2. The van der Waals surface area contributed by atoms with Crippen molar-refractivity contribution in [1.29, 1.82) is 0 Å². The van der Waals surface area contributed by atoms with Crippen LogP contribution in [-0.2, 0) is 9.59 Å². The van der Waals surface area contributed by atoms with E-state index in [-0.39, 0.29) is 24.8 Å². The van der Waals surface area contributed by atoms with Gasteiger partial charge in [-0.05, 0) is 69.3 Å². The topological polar surface area (TPSA) is 65.1 Å². The summed E-state index contributed by atoms with van der Waals surface area (Å²) in [4.78, 5) is 31.1. The van der Waals surface area contributed by atoms with Crippen LogP contribution < -0.4 is 19.9 Å². The highest BCUT2D eigenvalue weighted by atomic mass is 16.5. The van der Waals surface area contributed by atoms with Gasteiger partial charge in [-0.25, -0.2) is 0 Å². The normalized spacial score (nSPS) is 16.7. The number of nitrogens with one attached hydrogen (secondary N) is 1. The number of amides is 2. The third-order valence-electron chi connectivity index (χ3n) is 6.12. The summed E-state index contributed by atoms with van der Waals surface area (Å²) in [5.74, 6) is 1.20. The van der Waals surface area contributed by atoms with Crippen LogP contribution in [0.3, 0.4) is 0 Å². The fourth-order valence-corrected chi connectivity index (χ4v) is 4.48. The predicted molar refractivity (Wildman–Crippen MR) is 127 cm³/mol. The Morgan fingerprint density at radius 3 is 2.53 bits per heavy atom. The largest absolute Gasteiger partial charge is 0.482 e. The SMILES string of the molecule is CN(C)CC1CCN(c2ccc(NC(=O)CCN3C(=O)COc4ccccc43)cc2)CC1. The molecule has 2 aromatic rings. The highest BCUT2D eigenvalue weighted by molar-refractivity contribution is 5.99. The number of carbonyl (C=O) groups excluding carboxylic acids is 2. The Balaban J connectivity index is 1.27. The Bertz CT molecular complexity index is 936. The van der Waals surface area contributed by atoms with E-state index in [0.29, 0.717) is 12.3 Å². The molecule has 2 aliphatic heterocycles. The van der Waals surface area contributed by atoms with Crippen LogP contribution in [0.5, 0.6) is 5.75 Å². The smallest absolute Gasteiger partial charge is 0.265 e. The molecule has 2 aliphatic rings. The molecule has 0 unspecified atom stereocenters. The van der Waals surface area contributed by atoms with Gasteiger partial charge in [-0.15, -0.1) is 0 Å². The van der Waals surface area contributed by atoms with Crippen molar-refractivity contribution in [1.82, 2.24) is 4.90 Å². The number of hydrogen-bond acceptors (Lipinski definition) is 5. The maximum atomic E-state index is 12.5. The quantitative estimate of drug-likeness (QED) is 0.722. The molecule has 0 atom stereocenters. The van der Waals surface area contributed by atoms with Crippen LogP contribution >= 0.6 is 0 Å². The zero-order chi connectivity index (χ0) is 22.5. The van der Waals surface area contributed by atoms with Gasteiger partial charge in [0.2, 0.25) is 5.91 Å². The maximum absolute atomic E-state index is 12.5. The number of piperidine rings is 1. The lowest BCUT2D eigenvalue weighted by atomic mass is 9.96. The Labute approximate surface area is 189 Å². The lowest BCUT2D eigenvalue weighted by Crippen LogP contribution is -2.40. The highest BCUT2D eigenvalue weighted by Gasteiger charge is 2.25. The second-order valence-corrected chi connectivity index (χ2v) is 8.84. The Morgan fingerprint density at radius 1 is 1.09 bits per heavy atom. The van der Waals surface area contributed by atoms with E-state index in [1.807, 2.05) is 36.4 Å². The number of para-hydroxylation sites is 2. The minimum atomic E-state index is -0.129. The fourth-order valence-electron chi connectivity index (χ4n) is 4.48. The molecule has 0 aliphatic carbocycles. The minimum Gasteiger partial charge on any atom is -0.482 e. The zero-order valence-corrected chi connectivity index (χ0v) is 18.9. The summed E-state index contributed by atoms with van der Waals surface area (Å²) in [6, 6.07) is 15.5. The van der Waals surface area contributed by atoms with Crippen LogP contribution in [0.25, 0.3) is 0 Å². The average Bonchev–Trinajstić information content (AvgIpc) is 2.79. The van der Waals surface area contributed by atoms with Crippen LogP contribution in [0.2, 0.25) is 0 Å². The third-order valence-corrected chi connectivity index (χ3v) is 6.12. The summed E-state index contributed by atoms with van der Waals surface area (Å²) in [5, 5.41) is 2.95. The Kier molecular flexibility index (Phi) is 6.95. The molecule has 170 valence electrons. The van der Waals surface area contributed by atoms with Crippen molar-refractivity contribution in [2.75, 3.05) is 62.0 Å². The monoisotopic (exact) mass is 436 g/mol. The van der Waals surface area contributed by atoms with Gasteiger partial charge in [0.05, 0.1) is 5.69 Å². The van der Waals surface area contributed by atoms with Crippen molar-refractivity contribution >= 4 is 28.9 Å². The van der Waals surface area contributed by atoms with Crippen molar-refractivity contribution in [3.05, 3.63) is 48.5 Å². The summed E-state index contributed by atoms with van der Waals surface area (Å²) in [5.41, 5.74) is 2.69. The van der Waals surface area contributed by atoms with Crippen LogP contribution in [0, 0.1) is 5.92 Å². The molecule has 32 heavy (non-hydrogen) atoms. The van der Waals surface area contributed by atoms with E-state index in [9.17, 15) is 9.59 Å². The molecule has 1 saturated heterocycles. The molecule has 2 heterocycles. The predicted octanol–water partition coefficient (Wildman–Crippen LogP) is 3.22. The fraction of sp³-hybridized carbons (Fsp3) is 0.440. The van der Waals surface area contributed by atoms with Crippen LogP contribution in [0.4, 0.5) is 17.1 Å². The van der Waals surface area contributed by atoms with Gasteiger partial charge in [-0.3, -0.25) is 9.59 Å².